The number of hydrogen-bond acceptors (Lipinski definition) is 2. The highest BCUT2D eigenvalue weighted by Crippen LogP contribution is 2.28. The molecule has 2 rings (SSSR count). The van der Waals surface area contributed by atoms with Gasteiger partial charge in [-0.15, -0.1) is 0 Å². The number of carbonyl (C=O) groups excluding carboxylic acids is 1. The van der Waals surface area contributed by atoms with E-state index < -0.39 is 5.54 Å². The van der Waals surface area contributed by atoms with Crippen molar-refractivity contribution in [3.8, 4) is 0 Å². The van der Waals surface area contributed by atoms with Gasteiger partial charge in [0.05, 0.1) is 0 Å². The topological polar surface area (TPSA) is 29.1 Å². The minimum atomic E-state index is -0.472. The van der Waals surface area contributed by atoms with Crippen molar-refractivity contribution in [3.05, 3.63) is 34.3 Å². The van der Waals surface area contributed by atoms with E-state index in [1.54, 1.807) is 0 Å². The Labute approximate surface area is 91.8 Å². The van der Waals surface area contributed by atoms with Crippen LogP contribution in [0.4, 0.5) is 0 Å². The van der Waals surface area contributed by atoms with Gasteiger partial charge in [0.2, 0.25) is 0 Å². The Morgan fingerprint density at radius 2 is 2.00 bits per heavy atom. The third-order valence-electron chi connectivity index (χ3n) is 2.81. The number of rotatable bonds is 1. The lowest BCUT2D eigenvalue weighted by Crippen LogP contribution is -2.38. The Balaban J connectivity index is 2.38. The fraction of sp³-hybridized carbons (Fsp3) is 0.364. The van der Waals surface area contributed by atoms with Crippen LogP contribution < -0.4 is 5.32 Å². The molecule has 0 bridgehead atoms. The SMILES string of the molecule is CC1(c2ccc(Br)cc2)NCCC1=O. The zero-order valence-electron chi connectivity index (χ0n) is 8.01. The summed E-state index contributed by atoms with van der Waals surface area (Å²) in [4.78, 5) is 11.7. The van der Waals surface area contributed by atoms with Crippen molar-refractivity contribution in [1.29, 1.82) is 0 Å². The molecule has 2 nitrogen and oxygen atoms in total. The zero-order chi connectivity index (χ0) is 10.2. The Morgan fingerprint density at radius 3 is 2.50 bits per heavy atom. The Kier molecular flexibility index (Phi) is 2.45. The molecule has 1 N–H and O–H groups in total. The van der Waals surface area contributed by atoms with E-state index in [1.165, 1.54) is 0 Å². The summed E-state index contributed by atoms with van der Waals surface area (Å²) in [7, 11) is 0. The molecule has 0 radical (unpaired) electrons. The summed E-state index contributed by atoms with van der Waals surface area (Å²) in [5.74, 6) is 0.278. The first kappa shape index (κ1) is 9.87. The number of nitrogens with one attached hydrogen (secondary N) is 1. The molecule has 1 aliphatic heterocycles. The molecule has 1 saturated heterocycles. The van der Waals surface area contributed by atoms with Gasteiger partial charge in [0.25, 0.3) is 0 Å². The van der Waals surface area contributed by atoms with Gasteiger partial charge >= 0.3 is 0 Å². The maximum atomic E-state index is 11.7. The first-order valence-electron chi connectivity index (χ1n) is 4.67. The summed E-state index contributed by atoms with van der Waals surface area (Å²) >= 11 is 3.38. The highest BCUT2D eigenvalue weighted by molar-refractivity contribution is 9.10. The molecule has 14 heavy (non-hydrogen) atoms. The fourth-order valence-corrected chi connectivity index (χ4v) is 2.09. The molecule has 1 heterocycles. The molecule has 1 fully saturated rings. The average Bonchev–Trinajstić information content (AvgIpc) is 2.49. The minimum absolute atomic E-state index is 0.278. The second-order valence-corrected chi connectivity index (χ2v) is 4.65. The van der Waals surface area contributed by atoms with Crippen LogP contribution in [0.15, 0.2) is 28.7 Å². The molecular weight excluding hydrogens is 242 g/mol. The molecule has 0 aliphatic carbocycles. The van der Waals surface area contributed by atoms with Gasteiger partial charge in [-0.05, 0) is 24.6 Å². The maximum Gasteiger partial charge on any atom is 0.158 e. The van der Waals surface area contributed by atoms with E-state index in [0.717, 1.165) is 16.6 Å². The van der Waals surface area contributed by atoms with Gasteiger partial charge in [-0.3, -0.25) is 4.79 Å². The quantitative estimate of drug-likeness (QED) is 0.832. The summed E-state index contributed by atoms with van der Waals surface area (Å²) in [5.41, 5.74) is 0.573. The molecular formula is C11H12BrNO. The molecule has 1 aromatic carbocycles. The van der Waals surface area contributed by atoms with Crippen molar-refractivity contribution >= 4 is 21.7 Å². The maximum absolute atomic E-state index is 11.7. The minimum Gasteiger partial charge on any atom is -0.301 e. The lowest BCUT2D eigenvalue weighted by molar-refractivity contribution is -0.122. The Hall–Kier alpha value is -0.670. The van der Waals surface area contributed by atoms with Gasteiger partial charge < -0.3 is 5.32 Å². The van der Waals surface area contributed by atoms with Crippen LogP contribution in [-0.2, 0) is 10.3 Å². The lowest BCUT2D eigenvalue weighted by atomic mass is 9.90. The molecule has 0 amide bonds. The molecule has 1 unspecified atom stereocenters. The molecule has 0 saturated carbocycles. The van der Waals surface area contributed by atoms with E-state index in [1.807, 2.05) is 31.2 Å². The highest BCUT2D eigenvalue weighted by atomic mass is 79.9. The Bertz CT molecular complexity index is 360. The van der Waals surface area contributed by atoms with Gasteiger partial charge in [-0.25, -0.2) is 0 Å². The average molecular weight is 254 g/mol. The van der Waals surface area contributed by atoms with Gasteiger partial charge in [-0.2, -0.15) is 0 Å². The van der Waals surface area contributed by atoms with Gasteiger partial charge in [0.15, 0.2) is 5.78 Å². The van der Waals surface area contributed by atoms with E-state index in [2.05, 4.69) is 21.2 Å². The third kappa shape index (κ3) is 1.51. The number of ketones is 1. The number of carbonyl (C=O) groups is 1. The van der Waals surface area contributed by atoms with Crippen LogP contribution in [0, 0.1) is 0 Å². The van der Waals surface area contributed by atoms with Crippen molar-refractivity contribution in [2.75, 3.05) is 6.54 Å². The Morgan fingerprint density at radius 1 is 1.36 bits per heavy atom. The van der Waals surface area contributed by atoms with E-state index in [-0.39, 0.29) is 5.78 Å². The predicted octanol–water partition coefficient (Wildman–Crippen LogP) is 2.23. The van der Waals surface area contributed by atoms with Crippen molar-refractivity contribution < 1.29 is 4.79 Å². The number of hydrogen-bond donors (Lipinski definition) is 1. The van der Waals surface area contributed by atoms with Gasteiger partial charge in [-0.1, -0.05) is 28.1 Å². The van der Waals surface area contributed by atoms with Crippen LogP contribution >= 0.6 is 15.9 Å². The number of benzene rings is 1. The van der Waals surface area contributed by atoms with Crippen LogP contribution in [0.25, 0.3) is 0 Å². The second-order valence-electron chi connectivity index (χ2n) is 3.73. The summed E-state index contributed by atoms with van der Waals surface area (Å²) < 4.78 is 1.04. The number of Topliss-reactive ketones (excluding diaryl/α,β-unsaturated/α-hetero) is 1. The summed E-state index contributed by atoms with van der Waals surface area (Å²) in [6.45, 7) is 2.73. The normalized spacial score (nSPS) is 26.9. The van der Waals surface area contributed by atoms with Crippen molar-refractivity contribution in [1.82, 2.24) is 5.32 Å². The summed E-state index contributed by atoms with van der Waals surface area (Å²) in [6, 6.07) is 7.91. The monoisotopic (exact) mass is 253 g/mol. The van der Waals surface area contributed by atoms with Crippen molar-refractivity contribution in [2.24, 2.45) is 0 Å². The van der Waals surface area contributed by atoms with Crippen molar-refractivity contribution in [2.45, 2.75) is 18.9 Å². The molecule has 3 heteroatoms. The highest BCUT2D eigenvalue weighted by Gasteiger charge is 2.38. The first-order valence-corrected chi connectivity index (χ1v) is 5.46. The molecule has 0 spiro atoms. The van der Waals surface area contributed by atoms with Crippen LogP contribution in [-0.4, -0.2) is 12.3 Å². The van der Waals surface area contributed by atoms with E-state index in [9.17, 15) is 4.79 Å². The van der Waals surface area contributed by atoms with Gasteiger partial charge in [0.1, 0.15) is 5.54 Å². The fourth-order valence-electron chi connectivity index (χ4n) is 1.82. The molecule has 1 atom stereocenters. The third-order valence-corrected chi connectivity index (χ3v) is 3.34. The van der Waals surface area contributed by atoms with Gasteiger partial charge in [0, 0.05) is 17.4 Å². The van der Waals surface area contributed by atoms with Crippen molar-refractivity contribution in [3.63, 3.8) is 0 Å². The van der Waals surface area contributed by atoms with E-state index >= 15 is 0 Å². The van der Waals surface area contributed by atoms with Crippen LogP contribution in [0.5, 0.6) is 0 Å². The smallest absolute Gasteiger partial charge is 0.158 e. The number of halogens is 1. The summed E-state index contributed by atoms with van der Waals surface area (Å²) in [5, 5.41) is 3.25. The largest absolute Gasteiger partial charge is 0.301 e. The van der Waals surface area contributed by atoms with Crippen LogP contribution in [0.2, 0.25) is 0 Å². The molecule has 0 aromatic heterocycles. The lowest BCUT2D eigenvalue weighted by Gasteiger charge is -2.23. The van der Waals surface area contributed by atoms with E-state index in [4.69, 9.17) is 0 Å². The van der Waals surface area contributed by atoms with Crippen LogP contribution in [0.1, 0.15) is 18.9 Å². The van der Waals surface area contributed by atoms with E-state index in [0.29, 0.717) is 6.42 Å². The second kappa shape index (κ2) is 3.48. The summed E-state index contributed by atoms with van der Waals surface area (Å²) in [6.07, 6.45) is 0.632. The predicted molar refractivity (Wildman–Crippen MR) is 59.1 cm³/mol. The molecule has 74 valence electrons. The first-order chi connectivity index (χ1) is 6.63. The van der Waals surface area contributed by atoms with Crippen LogP contribution in [0.3, 0.4) is 0 Å². The zero-order valence-corrected chi connectivity index (χ0v) is 9.60. The molecule has 1 aliphatic rings. The standard InChI is InChI=1S/C11H12BrNO/c1-11(10(14)6-7-13-11)8-2-4-9(12)5-3-8/h2-5,13H,6-7H2,1H3. The molecule has 1 aromatic rings.